The predicted octanol–water partition coefficient (Wildman–Crippen LogP) is 1.91. The average molecular weight is 236 g/mol. The van der Waals surface area contributed by atoms with Crippen molar-refractivity contribution in [2.75, 3.05) is 19.8 Å². The van der Waals surface area contributed by atoms with Gasteiger partial charge in [0.15, 0.2) is 6.29 Å². The van der Waals surface area contributed by atoms with Gasteiger partial charge in [0.2, 0.25) is 0 Å². The number of hydrogen-bond donors (Lipinski definition) is 0. The molecule has 1 aromatic carbocycles. The van der Waals surface area contributed by atoms with Crippen LogP contribution in [0.1, 0.15) is 18.8 Å². The Morgan fingerprint density at radius 2 is 1.94 bits per heavy atom. The highest BCUT2D eigenvalue weighted by Gasteiger charge is 2.29. The highest BCUT2D eigenvalue weighted by Crippen LogP contribution is 2.25. The van der Waals surface area contributed by atoms with Crippen molar-refractivity contribution in [2.24, 2.45) is 5.92 Å². The topological polar surface area (TPSA) is 44.8 Å². The smallest absolute Gasteiger partial charge is 0.313 e. The lowest BCUT2D eigenvalue weighted by Gasteiger charge is -2.28. The molecule has 1 aromatic rings. The second-order valence-corrected chi connectivity index (χ2v) is 3.86. The van der Waals surface area contributed by atoms with Gasteiger partial charge in [0.25, 0.3) is 0 Å². The molecule has 92 valence electrons. The summed E-state index contributed by atoms with van der Waals surface area (Å²) in [7, 11) is 0. The van der Waals surface area contributed by atoms with E-state index >= 15 is 0 Å². The van der Waals surface area contributed by atoms with E-state index in [0.717, 1.165) is 5.56 Å². The fraction of sp³-hybridized carbons (Fsp3) is 0.462. The van der Waals surface area contributed by atoms with Crippen molar-refractivity contribution >= 4 is 5.97 Å². The van der Waals surface area contributed by atoms with Crippen molar-refractivity contribution in [3.05, 3.63) is 35.9 Å². The number of rotatable bonds is 3. The van der Waals surface area contributed by atoms with Gasteiger partial charge in [0.05, 0.1) is 19.8 Å². The summed E-state index contributed by atoms with van der Waals surface area (Å²) in [5, 5.41) is 0. The maximum atomic E-state index is 11.5. The molecule has 1 saturated heterocycles. The molecule has 0 amide bonds. The molecular weight excluding hydrogens is 220 g/mol. The Hall–Kier alpha value is -1.39. The molecular formula is C13H16O4. The van der Waals surface area contributed by atoms with Crippen LogP contribution in [0.25, 0.3) is 0 Å². The minimum Gasteiger partial charge on any atom is -0.466 e. The lowest BCUT2D eigenvalue weighted by molar-refractivity contribution is -0.213. The Kier molecular flexibility index (Phi) is 4.12. The van der Waals surface area contributed by atoms with Gasteiger partial charge < -0.3 is 14.2 Å². The zero-order valence-electron chi connectivity index (χ0n) is 9.80. The molecule has 0 aliphatic carbocycles. The lowest BCUT2D eigenvalue weighted by atomic mass is 10.1. The van der Waals surface area contributed by atoms with Gasteiger partial charge in [-0.05, 0) is 6.92 Å². The molecule has 2 rings (SSSR count). The Labute approximate surface area is 100 Å². The first kappa shape index (κ1) is 12.1. The second-order valence-electron chi connectivity index (χ2n) is 3.86. The Morgan fingerprint density at radius 1 is 1.29 bits per heavy atom. The van der Waals surface area contributed by atoms with Crippen LogP contribution in [-0.4, -0.2) is 25.8 Å². The van der Waals surface area contributed by atoms with Crippen molar-refractivity contribution in [3.63, 3.8) is 0 Å². The van der Waals surface area contributed by atoms with Crippen molar-refractivity contribution < 1.29 is 19.0 Å². The van der Waals surface area contributed by atoms with Crippen LogP contribution >= 0.6 is 0 Å². The molecule has 1 heterocycles. The van der Waals surface area contributed by atoms with Crippen LogP contribution in [0.2, 0.25) is 0 Å². The van der Waals surface area contributed by atoms with Crippen molar-refractivity contribution in [2.45, 2.75) is 13.2 Å². The van der Waals surface area contributed by atoms with E-state index in [1.807, 2.05) is 30.3 Å². The van der Waals surface area contributed by atoms with Crippen molar-refractivity contribution in [3.8, 4) is 0 Å². The summed E-state index contributed by atoms with van der Waals surface area (Å²) >= 11 is 0. The molecule has 1 fully saturated rings. The van der Waals surface area contributed by atoms with Crippen molar-refractivity contribution in [1.29, 1.82) is 0 Å². The third-order valence-electron chi connectivity index (χ3n) is 2.59. The molecule has 0 unspecified atom stereocenters. The van der Waals surface area contributed by atoms with Crippen LogP contribution in [0.4, 0.5) is 0 Å². The predicted molar refractivity (Wildman–Crippen MR) is 61.2 cm³/mol. The fourth-order valence-corrected chi connectivity index (χ4v) is 1.70. The van der Waals surface area contributed by atoms with E-state index in [2.05, 4.69) is 0 Å². The van der Waals surface area contributed by atoms with Gasteiger partial charge in [-0.25, -0.2) is 0 Å². The summed E-state index contributed by atoms with van der Waals surface area (Å²) in [6.07, 6.45) is -0.373. The number of ether oxygens (including phenoxy) is 3. The first-order valence-corrected chi connectivity index (χ1v) is 5.76. The van der Waals surface area contributed by atoms with E-state index in [1.54, 1.807) is 6.92 Å². The molecule has 0 saturated carbocycles. The molecule has 1 aliphatic rings. The molecule has 4 nitrogen and oxygen atoms in total. The summed E-state index contributed by atoms with van der Waals surface area (Å²) in [5.41, 5.74) is 0.967. The summed E-state index contributed by atoms with van der Waals surface area (Å²) in [5.74, 6) is -0.561. The van der Waals surface area contributed by atoms with Gasteiger partial charge >= 0.3 is 5.97 Å². The van der Waals surface area contributed by atoms with Crippen LogP contribution < -0.4 is 0 Å². The SMILES string of the molecule is CCOC(=O)C1COC(c2ccccc2)OC1. The number of carbonyl (C=O) groups is 1. The quantitative estimate of drug-likeness (QED) is 0.752. The van der Waals surface area contributed by atoms with Gasteiger partial charge in [-0.2, -0.15) is 0 Å². The molecule has 0 aromatic heterocycles. The summed E-state index contributed by atoms with van der Waals surface area (Å²) < 4.78 is 16.0. The number of esters is 1. The standard InChI is InChI=1S/C13H16O4/c1-2-15-12(14)11-8-16-13(17-9-11)10-6-4-3-5-7-10/h3-7,11,13H,2,8-9H2,1H3. The zero-order valence-corrected chi connectivity index (χ0v) is 9.80. The van der Waals surface area contributed by atoms with Crippen LogP contribution in [-0.2, 0) is 19.0 Å². The first-order valence-electron chi connectivity index (χ1n) is 5.76. The van der Waals surface area contributed by atoms with Gasteiger partial charge in [-0.3, -0.25) is 4.79 Å². The minimum atomic E-state index is -0.373. The Bertz CT molecular complexity index is 355. The van der Waals surface area contributed by atoms with Crippen LogP contribution in [0.5, 0.6) is 0 Å². The molecule has 0 bridgehead atoms. The maximum Gasteiger partial charge on any atom is 0.313 e. The molecule has 0 N–H and O–H groups in total. The number of benzene rings is 1. The third-order valence-corrected chi connectivity index (χ3v) is 2.59. The average Bonchev–Trinajstić information content (AvgIpc) is 2.40. The normalized spacial score (nSPS) is 24.3. The van der Waals surface area contributed by atoms with E-state index in [1.165, 1.54) is 0 Å². The largest absolute Gasteiger partial charge is 0.466 e. The Morgan fingerprint density at radius 3 is 2.53 bits per heavy atom. The molecule has 1 aliphatic heterocycles. The molecule has 0 radical (unpaired) electrons. The van der Waals surface area contributed by atoms with Gasteiger partial charge in [0.1, 0.15) is 5.92 Å². The van der Waals surface area contributed by atoms with E-state index in [9.17, 15) is 4.79 Å². The summed E-state index contributed by atoms with van der Waals surface area (Å²) in [6.45, 7) is 2.86. The number of carbonyl (C=O) groups excluding carboxylic acids is 1. The van der Waals surface area contributed by atoms with Crippen LogP contribution in [0.15, 0.2) is 30.3 Å². The van der Waals surface area contributed by atoms with Crippen LogP contribution in [0.3, 0.4) is 0 Å². The minimum absolute atomic E-state index is 0.251. The van der Waals surface area contributed by atoms with E-state index in [4.69, 9.17) is 14.2 Å². The Balaban J connectivity index is 1.88. The van der Waals surface area contributed by atoms with E-state index in [-0.39, 0.29) is 18.2 Å². The van der Waals surface area contributed by atoms with Gasteiger partial charge in [-0.1, -0.05) is 30.3 Å². The number of hydrogen-bond acceptors (Lipinski definition) is 4. The third kappa shape index (κ3) is 3.05. The van der Waals surface area contributed by atoms with Gasteiger partial charge in [-0.15, -0.1) is 0 Å². The highest BCUT2D eigenvalue weighted by molar-refractivity contribution is 5.72. The highest BCUT2D eigenvalue weighted by atomic mass is 16.7. The molecule has 17 heavy (non-hydrogen) atoms. The van der Waals surface area contributed by atoms with Crippen molar-refractivity contribution in [1.82, 2.24) is 0 Å². The molecule has 0 atom stereocenters. The molecule has 0 spiro atoms. The van der Waals surface area contributed by atoms with E-state index in [0.29, 0.717) is 19.8 Å². The molecule has 4 heteroatoms. The first-order chi connectivity index (χ1) is 8.31. The summed E-state index contributed by atoms with van der Waals surface area (Å²) in [4.78, 5) is 11.5. The van der Waals surface area contributed by atoms with Gasteiger partial charge in [0, 0.05) is 5.56 Å². The lowest BCUT2D eigenvalue weighted by Crippen LogP contribution is -2.33. The fourth-order valence-electron chi connectivity index (χ4n) is 1.70. The van der Waals surface area contributed by atoms with Crippen LogP contribution in [0, 0.1) is 5.92 Å². The monoisotopic (exact) mass is 236 g/mol. The zero-order chi connectivity index (χ0) is 12.1. The van der Waals surface area contributed by atoms with E-state index < -0.39 is 0 Å². The summed E-state index contributed by atoms with van der Waals surface area (Å²) in [6, 6.07) is 9.68. The maximum absolute atomic E-state index is 11.5. The second kappa shape index (κ2) is 5.80.